The lowest BCUT2D eigenvalue weighted by molar-refractivity contribution is -0.137. The average molecular weight is 791 g/mol. The van der Waals surface area contributed by atoms with Gasteiger partial charge in [0.15, 0.2) is 5.78 Å². The first-order chi connectivity index (χ1) is 26.6. The third kappa shape index (κ3) is 34.9. The number of unbranched alkanes of at least 4 members (excludes halogenated alkanes) is 10. The SMILES string of the molecule is NC[C@@H](CCCCNC(=O)COCCOCCNC(=O)COCCOCCNC(=O)CCCCCCCCCCCCC(=O)O)C(=O)CN[C@@H](CO)C(N)=O. The number of aliphatic carboxylic acids is 1. The number of carboxylic acid groups (broad SMARTS) is 1. The van der Waals surface area contributed by atoms with Gasteiger partial charge in [0.25, 0.3) is 0 Å². The Kier molecular flexibility index (Phi) is 35.4. The molecular weight excluding hydrogens is 720 g/mol. The number of ketones is 1. The molecule has 0 radical (unpaired) electrons. The molecule has 320 valence electrons. The second kappa shape index (κ2) is 37.7. The molecule has 18 nitrogen and oxygen atoms in total. The van der Waals surface area contributed by atoms with Gasteiger partial charge in [0.2, 0.25) is 23.6 Å². The fourth-order valence-electron chi connectivity index (χ4n) is 5.24. The summed E-state index contributed by atoms with van der Waals surface area (Å²) in [4.78, 5) is 69.7. The third-order valence-electron chi connectivity index (χ3n) is 8.48. The number of Topliss-reactive ketones (excluding diaryl/α,β-unsaturated/α-hetero) is 1. The van der Waals surface area contributed by atoms with E-state index < -0.39 is 30.4 Å². The molecule has 0 heterocycles. The standard InChI is InChI=1S/C37H70N6O12/c38-25-30(32(45)26-43-31(27-44)37(39)51)13-11-12-16-40-34(47)28-54-23-22-53-20-18-42-35(48)29-55-24-21-52-19-17-41-33(46)14-9-7-5-3-1-2-4-6-8-10-15-36(49)50/h30-31,43-44H,1-29,38H2,(H2,39,51)(H,40,47)(H,41,46)(H,42,48)(H,49,50)/t30-,31+/m1/s1. The Bertz CT molecular complexity index is 1040. The average Bonchev–Trinajstić information content (AvgIpc) is 3.15. The number of hydrogen-bond acceptors (Lipinski definition) is 13. The smallest absolute Gasteiger partial charge is 0.303 e. The summed E-state index contributed by atoms with van der Waals surface area (Å²) in [6.07, 6.45) is 13.1. The topological polar surface area (TPSA) is 280 Å². The highest BCUT2D eigenvalue weighted by molar-refractivity contribution is 5.85. The van der Waals surface area contributed by atoms with Gasteiger partial charge in [0.1, 0.15) is 19.3 Å². The minimum atomic E-state index is -0.986. The summed E-state index contributed by atoms with van der Waals surface area (Å²) in [6, 6.07) is -0.986. The van der Waals surface area contributed by atoms with E-state index in [-0.39, 0.29) is 82.7 Å². The first kappa shape index (κ1) is 51.7. The quantitative estimate of drug-likeness (QED) is 0.0376. The molecule has 0 fully saturated rings. The summed E-state index contributed by atoms with van der Waals surface area (Å²) in [5, 5.41) is 28.6. The van der Waals surface area contributed by atoms with E-state index >= 15 is 0 Å². The normalized spacial score (nSPS) is 12.2. The Morgan fingerprint density at radius 3 is 1.53 bits per heavy atom. The number of primary amides is 1. The summed E-state index contributed by atoms with van der Waals surface area (Å²) >= 11 is 0. The maximum Gasteiger partial charge on any atom is 0.303 e. The van der Waals surface area contributed by atoms with Crippen molar-refractivity contribution in [1.82, 2.24) is 21.3 Å². The van der Waals surface area contributed by atoms with Crippen LogP contribution >= 0.6 is 0 Å². The van der Waals surface area contributed by atoms with Crippen LogP contribution in [-0.2, 0) is 47.7 Å². The number of carbonyl (C=O) groups excluding carboxylic acids is 5. The van der Waals surface area contributed by atoms with Gasteiger partial charge in [0, 0.05) is 44.9 Å². The molecule has 0 unspecified atom stereocenters. The Morgan fingerprint density at radius 1 is 0.564 bits per heavy atom. The van der Waals surface area contributed by atoms with Crippen molar-refractivity contribution in [1.29, 1.82) is 0 Å². The lowest BCUT2D eigenvalue weighted by Gasteiger charge is -2.16. The molecule has 55 heavy (non-hydrogen) atoms. The maximum atomic E-state index is 12.3. The zero-order valence-electron chi connectivity index (χ0n) is 32.8. The van der Waals surface area contributed by atoms with Crippen molar-refractivity contribution in [2.75, 3.05) is 92.2 Å². The van der Waals surface area contributed by atoms with Crippen LogP contribution in [0.5, 0.6) is 0 Å². The molecule has 0 aliphatic carbocycles. The number of rotatable bonds is 41. The van der Waals surface area contributed by atoms with Crippen molar-refractivity contribution < 1.29 is 57.9 Å². The molecule has 2 atom stereocenters. The zero-order chi connectivity index (χ0) is 40.8. The van der Waals surface area contributed by atoms with Gasteiger partial charge in [-0.2, -0.15) is 0 Å². The van der Waals surface area contributed by atoms with Crippen LogP contribution in [0.4, 0.5) is 0 Å². The molecule has 10 N–H and O–H groups in total. The molecule has 0 aliphatic rings. The van der Waals surface area contributed by atoms with E-state index in [2.05, 4.69) is 21.3 Å². The first-order valence-electron chi connectivity index (χ1n) is 19.8. The minimum absolute atomic E-state index is 0.0151. The lowest BCUT2D eigenvalue weighted by atomic mass is 9.97. The molecule has 0 aliphatic heterocycles. The van der Waals surface area contributed by atoms with Crippen LogP contribution < -0.4 is 32.7 Å². The van der Waals surface area contributed by atoms with Crippen LogP contribution in [0.15, 0.2) is 0 Å². The van der Waals surface area contributed by atoms with Gasteiger partial charge < -0.3 is 56.6 Å². The number of aliphatic hydroxyl groups excluding tert-OH is 1. The van der Waals surface area contributed by atoms with Crippen molar-refractivity contribution in [3.8, 4) is 0 Å². The van der Waals surface area contributed by atoms with Gasteiger partial charge in [-0.25, -0.2) is 0 Å². The van der Waals surface area contributed by atoms with E-state index in [1.807, 2.05) is 0 Å². The molecule has 4 amide bonds. The molecule has 0 saturated carbocycles. The number of carboxylic acids is 1. The van der Waals surface area contributed by atoms with Gasteiger partial charge >= 0.3 is 5.97 Å². The highest BCUT2D eigenvalue weighted by atomic mass is 16.5. The van der Waals surface area contributed by atoms with Crippen molar-refractivity contribution in [3.63, 3.8) is 0 Å². The van der Waals surface area contributed by atoms with E-state index in [4.69, 9.17) is 40.6 Å². The molecule has 0 aromatic carbocycles. The van der Waals surface area contributed by atoms with Gasteiger partial charge in [-0.15, -0.1) is 0 Å². The molecule has 0 spiro atoms. The number of hydrogen-bond donors (Lipinski definition) is 8. The summed E-state index contributed by atoms with van der Waals surface area (Å²) in [5.41, 5.74) is 10.8. The van der Waals surface area contributed by atoms with E-state index in [9.17, 15) is 28.8 Å². The Labute approximate surface area is 326 Å². The third-order valence-corrected chi connectivity index (χ3v) is 8.48. The van der Waals surface area contributed by atoms with Crippen molar-refractivity contribution in [3.05, 3.63) is 0 Å². The molecule has 0 aromatic rings. The largest absolute Gasteiger partial charge is 0.481 e. The molecule has 0 saturated heterocycles. The number of nitrogens with one attached hydrogen (secondary N) is 4. The molecule has 18 heteroatoms. The van der Waals surface area contributed by atoms with Crippen molar-refractivity contribution in [2.45, 2.75) is 102 Å². The first-order valence-corrected chi connectivity index (χ1v) is 19.8. The van der Waals surface area contributed by atoms with Crippen molar-refractivity contribution in [2.24, 2.45) is 17.4 Å². The summed E-state index contributed by atoms with van der Waals surface area (Å²) in [5.74, 6) is -2.58. The van der Waals surface area contributed by atoms with E-state index in [1.165, 1.54) is 12.8 Å². The summed E-state index contributed by atoms with van der Waals surface area (Å²) in [6.45, 7) is 2.06. The highest BCUT2D eigenvalue weighted by Crippen LogP contribution is 2.12. The molecule has 0 rings (SSSR count). The van der Waals surface area contributed by atoms with Crippen molar-refractivity contribution >= 4 is 35.4 Å². The van der Waals surface area contributed by atoms with Crippen LogP contribution in [0.1, 0.15) is 96.3 Å². The number of amides is 4. The molecular formula is C37H70N6O12. The zero-order valence-corrected chi connectivity index (χ0v) is 32.8. The highest BCUT2D eigenvalue weighted by Gasteiger charge is 2.20. The Morgan fingerprint density at radius 2 is 1.04 bits per heavy atom. The van der Waals surface area contributed by atoms with Crippen LogP contribution in [0.2, 0.25) is 0 Å². The number of carbonyl (C=O) groups is 6. The van der Waals surface area contributed by atoms with Gasteiger partial charge in [0.05, 0.1) is 52.8 Å². The molecule has 0 bridgehead atoms. The number of aliphatic hydroxyl groups is 1. The predicted molar refractivity (Wildman–Crippen MR) is 205 cm³/mol. The monoisotopic (exact) mass is 791 g/mol. The lowest BCUT2D eigenvalue weighted by Crippen LogP contribution is -2.47. The van der Waals surface area contributed by atoms with Crippen LogP contribution in [0.3, 0.4) is 0 Å². The van der Waals surface area contributed by atoms with E-state index in [0.29, 0.717) is 58.5 Å². The van der Waals surface area contributed by atoms with Gasteiger partial charge in [-0.1, -0.05) is 57.8 Å². The second-order valence-corrected chi connectivity index (χ2v) is 13.2. The van der Waals surface area contributed by atoms with Crippen LogP contribution in [0, 0.1) is 5.92 Å². The fraction of sp³-hybridized carbons (Fsp3) is 0.838. The number of ether oxygens (including phenoxy) is 4. The second-order valence-electron chi connectivity index (χ2n) is 13.2. The van der Waals surface area contributed by atoms with Crippen LogP contribution in [-0.4, -0.2) is 144 Å². The maximum absolute atomic E-state index is 12.3. The Balaban J connectivity index is 3.51. The number of nitrogens with two attached hydrogens (primary N) is 2. The van der Waals surface area contributed by atoms with E-state index in [0.717, 1.165) is 51.4 Å². The minimum Gasteiger partial charge on any atom is -0.481 e. The summed E-state index contributed by atoms with van der Waals surface area (Å²) < 4.78 is 21.4. The van der Waals surface area contributed by atoms with Gasteiger partial charge in [-0.05, 0) is 25.7 Å². The summed E-state index contributed by atoms with van der Waals surface area (Å²) in [7, 11) is 0. The van der Waals surface area contributed by atoms with Gasteiger partial charge in [-0.3, -0.25) is 34.1 Å². The predicted octanol–water partition coefficient (Wildman–Crippen LogP) is -0.0827. The fourth-order valence-corrected chi connectivity index (χ4v) is 5.24. The Hall–Kier alpha value is -3.26. The van der Waals surface area contributed by atoms with Crippen LogP contribution in [0.25, 0.3) is 0 Å². The molecule has 0 aromatic heterocycles. The van der Waals surface area contributed by atoms with E-state index in [1.54, 1.807) is 0 Å².